The Kier molecular flexibility index (Phi) is 7.87. The largest absolute Gasteiger partial charge is 0.493 e. The van der Waals surface area contributed by atoms with E-state index in [9.17, 15) is 15.3 Å². The van der Waals surface area contributed by atoms with Gasteiger partial charge in [-0.2, -0.15) is 10.5 Å². The predicted octanol–water partition coefficient (Wildman–Crippen LogP) is 6.39. The first-order chi connectivity index (χ1) is 17.0. The van der Waals surface area contributed by atoms with Gasteiger partial charge in [0, 0.05) is 9.35 Å². The van der Waals surface area contributed by atoms with Crippen LogP contribution in [0.4, 0.5) is 5.00 Å². The Hall–Kier alpha value is -3.59. The second-order valence-corrected chi connectivity index (χ2v) is 10.00. The van der Waals surface area contributed by atoms with Crippen LogP contribution in [-0.4, -0.2) is 13.0 Å². The average molecular weight is 548 g/mol. The summed E-state index contributed by atoms with van der Waals surface area (Å²) in [5, 5.41) is 22.5. The van der Waals surface area contributed by atoms with Gasteiger partial charge in [-0.15, -0.1) is 11.3 Å². The molecule has 1 heterocycles. The zero-order valence-corrected chi connectivity index (χ0v) is 21.5. The minimum absolute atomic E-state index is 0.0640. The number of carbonyl (C=O) groups is 1. The maximum Gasteiger partial charge on any atom is 0.266 e. The van der Waals surface area contributed by atoms with Crippen LogP contribution in [0, 0.1) is 22.7 Å². The number of fused-ring (bicyclic) bond motifs is 1. The Morgan fingerprint density at radius 3 is 2.63 bits per heavy atom. The topological polar surface area (TPSA) is 95.1 Å². The maximum absolute atomic E-state index is 12.9. The van der Waals surface area contributed by atoms with E-state index in [2.05, 4.69) is 27.3 Å². The van der Waals surface area contributed by atoms with E-state index in [1.165, 1.54) is 24.5 Å². The highest BCUT2D eigenvalue weighted by atomic mass is 79.9. The lowest BCUT2D eigenvalue weighted by Gasteiger charge is -2.12. The summed E-state index contributed by atoms with van der Waals surface area (Å²) in [6.07, 6.45) is 5.39. The van der Waals surface area contributed by atoms with Crippen LogP contribution in [0.25, 0.3) is 6.08 Å². The molecular weight excluding hydrogens is 526 g/mol. The molecule has 0 atom stereocenters. The van der Waals surface area contributed by atoms with Gasteiger partial charge in [0.2, 0.25) is 0 Å². The summed E-state index contributed by atoms with van der Waals surface area (Å²) in [6.45, 7) is 0.372. The molecule has 1 aliphatic carbocycles. The summed E-state index contributed by atoms with van der Waals surface area (Å²) in [5.41, 5.74) is 3.12. The summed E-state index contributed by atoms with van der Waals surface area (Å²) in [6, 6.07) is 17.2. The van der Waals surface area contributed by atoms with Crippen molar-refractivity contribution in [2.45, 2.75) is 32.3 Å². The quantitative estimate of drug-likeness (QED) is 0.273. The first-order valence-electron chi connectivity index (χ1n) is 11.1. The fraction of sp³-hybridized carbons (Fsp3) is 0.222. The Bertz CT molecular complexity index is 1360. The fourth-order valence-electron chi connectivity index (χ4n) is 3.89. The number of halogens is 1. The molecular formula is C27H22BrN3O3S. The van der Waals surface area contributed by atoms with E-state index in [0.717, 1.165) is 46.2 Å². The molecule has 2 aromatic carbocycles. The molecule has 0 bridgehead atoms. The third-order valence-electron chi connectivity index (χ3n) is 5.68. The molecule has 1 amide bonds. The van der Waals surface area contributed by atoms with Gasteiger partial charge in [-0.3, -0.25) is 4.79 Å². The molecule has 6 nitrogen and oxygen atoms in total. The summed E-state index contributed by atoms with van der Waals surface area (Å²) in [7, 11) is 1.54. The highest BCUT2D eigenvalue weighted by Gasteiger charge is 2.22. The van der Waals surface area contributed by atoms with Gasteiger partial charge in [-0.05, 0) is 72.7 Å². The second kappa shape index (κ2) is 11.2. The van der Waals surface area contributed by atoms with E-state index in [4.69, 9.17) is 9.47 Å². The van der Waals surface area contributed by atoms with Gasteiger partial charge in [-0.25, -0.2) is 0 Å². The van der Waals surface area contributed by atoms with E-state index in [-0.39, 0.29) is 5.57 Å². The molecule has 0 saturated carbocycles. The number of hydrogen-bond donors (Lipinski definition) is 1. The van der Waals surface area contributed by atoms with Crippen LogP contribution in [0.2, 0.25) is 0 Å². The molecule has 0 unspecified atom stereocenters. The molecule has 8 heteroatoms. The normalized spacial score (nSPS) is 12.7. The first-order valence-corrected chi connectivity index (χ1v) is 12.7. The molecule has 4 rings (SSSR count). The van der Waals surface area contributed by atoms with E-state index in [1.807, 2.05) is 30.3 Å². The van der Waals surface area contributed by atoms with E-state index in [0.29, 0.717) is 34.2 Å². The van der Waals surface area contributed by atoms with Crippen molar-refractivity contribution in [2.75, 3.05) is 12.4 Å². The number of nitrogens with zero attached hydrogens (tertiary/aromatic N) is 2. The number of anilines is 1. The molecule has 0 radical (unpaired) electrons. The summed E-state index contributed by atoms with van der Waals surface area (Å²) >= 11 is 4.85. The van der Waals surface area contributed by atoms with Crippen molar-refractivity contribution in [1.82, 2.24) is 0 Å². The molecule has 0 aliphatic heterocycles. The van der Waals surface area contributed by atoms with Crippen molar-refractivity contribution in [3.05, 3.63) is 79.6 Å². The molecule has 0 spiro atoms. The Balaban J connectivity index is 1.51. The number of nitrogens with one attached hydrogen (secondary N) is 1. The minimum atomic E-state index is -0.544. The van der Waals surface area contributed by atoms with Crippen LogP contribution in [0.15, 0.2) is 52.5 Å². The lowest BCUT2D eigenvalue weighted by Crippen LogP contribution is -2.13. The monoisotopic (exact) mass is 547 g/mol. The van der Waals surface area contributed by atoms with Crippen molar-refractivity contribution in [1.29, 1.82) is 10.5 Å². The maximum atomic E-state index is 12.9. The molecule has 1 aliphatic rings. The van der Waals surface area contributed by atoms with Crippen molar-refractivity contribution in [2.24, 2.45) is 0 Å². The standard InChI is InChI=1S/C27H22BrN3O3S/c1-33-24-13-18(8-11-23(24)34-16-17-6-9-20(28)10-7-17)12-19(14-29)26(32)31-27-22(15-30)21-4-2-3-5-25(21)35-27/h6-13H,2-5,16H2,1H3,(H,31,32). The summed E-state index contributed by atoms with van der Waals surface area (Å²) < 4.78 is 12.4. The smallest absolute Gasteiger partial charge is 0.266 e. The van der Waals surface area contributed by atoms with Crippen LogP contribution < -0.4 is 14.8 Å². The van der Waals surface area contributed by atoms with Gasteiger partial charge in [0.05, 0.1) is 12.7 Å². The molecule has 0 fully saturated rings. The number of rotatable bonds is 7. The number of ether oxygens (including phenoxy) is 2. The van der Waals surface area contributed by atoms with Crippen molar-refractivity contribution < 1.29 is 14.3 Å². The van der Waals surface area contributed by atoms with E-state index in [1.54, 1.807) is 18.2 Å². The number of aryl methyl sites for hydroxylation is 1. The number of benzene rings is 2. The lowest BCUT2D eigenvalue weighted by molar-refractivity contribution is -0.112. The van der Waals surface area contributed by atoms with Crippen molar-refractivity contribution in [3.63, 3.8) is 0 Å². The van der Waals surface area contributed by atoms with Crippen LogP contribution in [0.3, 0.4) is 0 Å². The number of carbonyl (C=O) groups excluding carboxylic acids is 1. The van der Waals surface area contributed by atoms with E-state index < -0.39 is 5.91 Å². The zero-order valence-electron chi connectivity index (χ0n) is 19.1. The molecule has 0 saturated heterocycles. The number of thiophene rings is 1. The highest BCUT2D eigenvalue weighted by Crippen LogP contribution is 2.38. The van der Waals surface area contributed by atoms with Gasteiger partial charge in [0.25, 0.3) is 5.91 Å². The molecule has 1 N–H and O–H groups in total. The van der Waals surface area contributed by atoms with Gasteiger partial charge >= 0.3 is 0 Å². The highest BCUT2D eigenvalue weighted by molar-refractivity contribution is 9.10. The van der Waals surface area contributed by atoms with Crippen LogP contribution in [0.1, 0.15) is 40.0 Å². The zero-order chi connectivity index (χ0) is 24.8. The van der Waals surface area contributed by atoms with Gasteiger partial charge in [0.1, 0.15) is 29.3 Å². The average Bonchev–Trinajstić information content (AvgIpc) is 3.23. The number of amides is 1. The van der Waals surface area contributed by atoms with Crippen molar-refractivity contribution >= 4 is 44.3 Å². The number of hydrogen-bond acceptors (Lipinski definition) is 6. The summed E-state index contributed by atoms with van der Waals surface area (Å²) in [5.74, 6) is 0.502. The lowest BCUT2D eigenvalue weighted by atomic mass is 9.96. The Labute approximate surface area is 216 Å². The van der Waals surface area contributed by atoms with Crippen LogP contribution in [0.5, 0.6) is 11.5 Å². The van der Waals surface area contributed by atoms with Crippen molar-refractivity contribution in [3.8, 4) is 23.6 Å². The molecule has 35 heavy (non-hydrogen) atoms. The fourth-order valence-corrected chi connectivity index (χ4v) is 5.39. The van der Waals surface area contributed by atoms with E-state index >= 15 is 0 Å². The third-order valence-corrected chi connectivity index (χ3v) is 7.42. The molecule has 176 valence electrons. The first kappa shape index (κ1) is 24.5. The molecule has 3 aromatic rings. The summed E-state index contributed by atoms with van der Waals surface area (Å²) in [4.78, 5) is 14.0. The Morgan fingerprint density at radius 2 is 1.91 bits per heavy atom. The Morgan fingerprint density at radius 1 is 1.14 bits per heavy atom. The van der Waals surface area contributed by atoms with Gasteiger partial charge in [0.15, 0.2) is 11.5 Å². The molecule has 1 aromatic heterocycles. The second-order valence-electron chi connectivity index (χ2n) is 7.98. The minimum Gasteiger partial charge on any atom is -0.493 e. The predicted molar refractivity (Wildman–Crippen MR) is 139 cm³/mol. The van der Waals surface area contributed by atoms with Gasteiger partial charge in [-0.1, -0.05) is 34.1 Å². The number of methoxy groups -OCH3 is 1. The number of nitriles is 2. The van der Waals surface area contributed by atoms with Crippen LogP contribution >= 0.6 is 27.3 Å². The van der Waals surface area contributed by atoms with Crippen LogP contribution in [-0.2, 0) is 24.2 Å². The SMILES string of the molecule is COc1cc(C=C(C#N)C(=O)Nc2sc3c(c2C#N)CCCC3)ccc1OCc1ccc(Br)cc1. The van der Waals surface area contributed by atoms with Gasteiger partial charge < -0.3 is 14.8 Å². The third kappa shape index (κ3) is 5.74.